The first-order chi connectivity index (χ1) is 13.9. The minimum Gasteiger partial charge on any atom is -0.370 e. The lowest BCUT2D eigenvalue weighted by Gasteiger charge is -2.13. The van der Waals surface area contributed by atoms with Crippen molar-refractivity contribution in [2.75, 3.05) is 0 Å². The van der Waals surface area contributed by atoms with Crippen molar-refractivity contribution in [3.05, 3.63) is 69.5 Å². The first-order valence-electron chi connectivity index (χ1n) is 9.92. The van der Waals surface area contributed by atoms with Crippen molar-refractivity contribution < 1.29 is 4.79 Å². The second-order valence-electron chi connectivity index (χ2n) is 7.43. The number of aryl methyl sites for hydroxylation is 2. The van der Waals surface area contributed by atoms with Crippen molar-refractivity contribution in [3.63, 3.8) is 0 Å². The molecular formula is C23H27N3O2S. The number of carbonyl (C=O) groups excluding carboxylic acids is 1. The average molecular weight is 410 g/mol. The van der Waals surface area contributed by atoms with Gasteiger partial charge >= 0.3 is 0 Å². The van der Waals surface area contributed by atoms with Gasteiger partial charge in [0.25, 0.3) is 5.56 Å². The fourth-order valence-corrected chi connectivity index (χ4v) is 4.46. The van der Waals surface area contributed by atoms with Crippen molar-refractivity contribution >= 4 is 28.6 Å². The summed E-state index contributed by atoms with van der Waals surface area (Å²) in [6.45, 7) is 4.78. The van der Waals surface area contributed by atoms with E-state index in [4.69, 9.17) is 10.7 Å². The fourth-order valence-electron chi connectivity index (χ4n) is 3.50. The molecule has 2 aromatic carbocycles. The van der Waals surface area contributed by atoms with Crippen molar-refractivity contribution in [1.82, 2.24) is 9.55 Å². The van der Waals surface area contributed by atoms with Gasteiger partial charge in [-0.05, 0) is 44.4 Å². The highest BCUT2D eigenvalue weighted by atomic mass is 32.2. The van der Waals surface area contributed by atoms with Gasteiger partial charge in [-0.25, -0.2) is 4.98 Å². The Labute approximate surface area is 175 Å². The molecule has 29 heavy (non-hydrogen) atoms. The highest BCUT2D eigenvalue weighted by molar-refractivity contribution is 7.98. The number of carbonyl (C=O) groups is 1. The molecule has 0 aliphatic heterocycles. The van der Waals surface area contributed by atoms with E-state index in [0.717, 1.165) is 35.7 Å². The zero-order valence-electron chi connectivity index (χ0n) is 17.0. The van der Waals surface area contributed by atoms with E-state index in [2.05, 4.69) is 32.0 Å². The van der Waals surface area contributed by atoms with Gasteiger partial charge in [0, 0.05) is 18.7 Å². The maximum atomic E-state index is 13.1. The van der Waals surface area contributed by atoms with Gasteiger partial charge in [0.15, 0.2) is 5.16 Å². The third-order valence-corrected chi connectivity index (χ3v) is 5.83. The number of fused-ring (bicyclic) bond motifs is 1. The van der Waals surface area contributed by atoms with Crippen molar-refractivity contribution in [2.45, 2.75) is 57.0 Å². The van der Waals surface area contributed by atoms with Crippen LogP contribution in [0, 0.1) is 13.8 Å². The summed E-state index contributed by atoms with van der Waals surface area (Å²) in [6, 6.07) is 14.0. The molecule has 0 fully saturated rings. The molecule has 3 aromatic rings. The predicted molar refractivity (Wildman–Crippen MR) is 119 cm³/mol. The van der Waals surface area contributed by atoms with Crippen molar-refractivity contribution in [3.8, 4) is 0 Å². The van der Waals surface area contributed by atoms with Crippen LogP contribution in [0.2, 0.25) is 0 Å². The van der Waals surface area contributed by atoms with Gasteiger partial charge in [-0.1, -0.05) is 59.6 Å². The summed E-state index contributed by atoms with van der Waals surface area (Å²) in [7, 11) is 0. The van der Waals surface area contributed by atoms with Crippen LogP contribution in [0.5, 0.6) is 0 Å². The highest BCUT2D eigenvalue weighted by Crippen LogP contribution is 2.24. The smallest absolute Gasteiger partial charge is 0.262 e. The Morgan fingerprint density at radius 1 is 1.07 bits per heavy atom. The summed E-state index contributed by atoms with van der Waals surface area (Å²) in [4.78, 5) is 28.8. The number of benzene rings is 2. The van der Waals surface area contributed by atoms with Crippen LogP contribution in [-0.2, 0) is 17.1 Å². The fraction of sp³-hybridized carbons (Fsp3) is 0.348. The standard InChI is InChI=1S/C23H27N3O2S/c1-16-12-17(2)14-18(13-16)15-29-23-25-20-9-6-5-8-19(20)22(28)26(23)11-7-3-4-10-21(24)27/h5-6,8-9,12-14H,3-4,7,10-11,15H2,1-2H3,(H2,24,27). The molecule has 0 aliphatic rings. The Balaban J connectivity index is 1.83. The topological polar surface area (TPSA) is 78.0 Å². The summed E-state index contributed by atoms with van der Waals surface area (Å²) in [5.74, 6) is 0.480. The van der Waals surface area contributed by atoms with Gasteiger partial charge in [0.05, 0.1) is 10.9 Å². The number of aromatic nitrogens is 2. The summed E-state index contributed by atoms with van der Waals surface area (Å²) in [6.07, 6.45) is 2.79. The second-order valence-corrected chi connectivity index (χ2v) is 8.37. The number of hydrogen-bond acceptors (Lipinski definition) is 4. The van der Waals surface area contributed by atoms with Crippen LogP contribution in [0.25, 0.3) is 10.9 Å². The van der Waals surface area contributed by atoms with Gasteiger partial charge in [-0.2, -0.15) is 0 Å². The molecule has 0 radical (unpaired) electrons. The molecule has 6 heteroatoms. The number of para-hydroxylation sites is 1. The third-order valence-electron chi connectivity index (χ3n) is 4.78. The number of nitrogens with zero attached hydrogens (tertiary/aromatic N) is 2. The van der Waals surface area contributed by atoms with Crippen molar-refractivity contribution in [1.29, 1.82) is 0 Å². The first kappa shape index (κ1) is 21.1. The molecule has 1 amide bonds. The van der Waals surface area contributed by atoms with E-state index in [-0.39, 0.29) is 11.5 Å². The molecule has 2 N–H and O–H groups in total. The van der Waals surface area contributed by atoms with Gasteiger partial charge in [-0.3, -0.25) is 14.2 Å². The van der Waals surface area contributed by atoms with E-state index in [9.17, 15) is 9.59 Å². The Hall–Kier alpha value is -2.60. The molecule has 1 heterocycles. The van der Waals surface area contributed by atoms with Gasteiger partial charge < -0.3 is 5.73 Å². The monoisotopic (exact) mass is 409 g/mol. The lowest BCUT2D eigenvalue weighted by molar-refractivity contribution is -0.118. The average Bonchev–Trinajstić information content (AvgIpc) is 2.67. The number of hydrogen-bond donors (Lipinski definition) is 1. The lowest BCUT2D eigenvalue weighted by Crippen LogP contribution is -2.23. The van der Waals surface area contributed by atoms with Crippen LogP contribution in [0.15, 0.2) is 52.4 Å². The number of thioether (sulfide) groups is 1. The highest BCUT2D eigenvalue weighted by Gasteiger charge is 2.12. The number of rotatable bonds is 9. The van der Waals surface area contributed by atoms with E-state index in [0.29, 0.717) is 18.4 Å². The Morgan fingerprint density at radius 3 is 2.52 bits per heavy atom. The SMILES string of the molecule is Cc1cc(C)cc(CSc2nc3ccccc3c(=O)n2CCCCCC(N)=O)c1. The van der Waals surface area contributed by atoms with Crippen LogP contribution in [-0.4, -0.2) is 15.5 Å². The molecule has 0 bridgehead atoms. The summed E-state index contributed by atoms with van der Waals surface area (Å²) in [5.41, 5.74) is 9.62. The van der Waals surface area contributed by atoms with Gasteiger partial charge in [0.2, 0.25) is 5.91 Å². The van der Waals surface area contributed by atoms with Crippen LogP contribution < -0.4 is 11.3 Å². The normalized spacial score (nSPS) is 11.1. The Kier molecular flexibility index (Phi) is 7.09. The third kappa shape index (κ3) is 5.70. The summed E-state index contributed by atoms with van der Waals surface area (Å²) in [5, 5.41) is 1.38. The predicted octanol–water partition coefficient (Wildman–Crippen LogP) is 4.35. The second kappa shape index (κ2) is 9.74. The maximum absolute atomic E-state index is 13.1. The van der Waals surface area contributed by atoms with Crippen LogP contribution >= 0.6 is 11.8 Å². The largest absolute Gasteiger partial charge is 0.370 e. The van der Waals surface area contributed by atoms with Crippen LogP contribution in [0.1, 0.15) is 42.4 Å². The first-order valence-corrected chi connectivity index (χ1v) is 10.9. The molecule has 1 aromatic heterocycles. The number of primary amides is 1. The number of amides is 1. The molecule has 152 valence electrons. The zero-order chi connectivity index (χ0) is 20.8. The molecule has 5 nitrogen and oxygen atoms in total. The molecular weight excluding hydrogens is 382 g/mol. The van der Waals surface area contributed by atoms with E-state index >= 15 is 0 Å². The molecule has 0 unspecified atom stereocenters. The maximum Gasteiger partial charge on any atom is 0.262 e. The Morgan fingerprint density at radius 2 is 1.79 bits per heavy atom. The molecule has 0 spiro atoms. The van der Waals surface area contributed by atoms with Crippen LogP contribution in [0.4, 0.5) is 0 Å². The van der Waals surface area contributed by atoms with E-state index in [1.54, 1.807) is 16.3 Å². The lowest BCUT2D eigenvalue weighted by atomic mass is 10.1. The molecule has 3 rings (SSSR count). The summed E-state index contributed by atoms with van der Waals surface area (Å²) < 4.78 is 1.78. The Bertz CT molecular complexity index is 1060. The quantitative estimate of drug-likeness (QED) is 0.324. The minimum atomic E-state index is -0.278. The molecule has 0 atom stereocenters. The van der Waals surface area contributed by atoms with Crippen molar-refractivity contribution in [2.24, 2.45) is 5.73 Å². The zero-order valence-corrected chi connectivity index (χ0v) is 17.8. The van der Waals surface area contributed by atoms with Gasteiger partial charge in [-0.15, -0.1) is 0 Å². The summed E-state index contributed by atoms with van der Waals surface area (Å²) >= 11 is 1.59. The van der Waals surface area contributed by atoms with E-state index in [1.807, 2.05) is 24.3 Å². The van der Waals surface area contributed by atoms with E-state index < -0.39 is 0 Å². The van der Waals surface area contributed by atoms with Gasteiger partial charge in [0.1, 0.15) is 0 Å². The van der Waals surface area contributed by atoms with E-state index in [1.165, 1.54) is 16.7 Å². The molecule has 0 saturated heterocycles. The molecule has 0 saturated carbocycles. The number of nitrogens with two attached hydrogens (primary N) is 1. The van der Waals surface area contributed by atoms with Crippen LogP contribution in [0.3, 0.4) is 0 Å². The molecule has 0 aliphatic carbocycles. The number of unbranched alkanes of at least 4 members (excludes halogenated alkanes) is 2. The minimum absolute atomic E-state index is 0.00609.